The van der Waals surface area contributed by atoms with Gasteiger partial charge in [-0.2, -0.15) is 5.10 Å². The van der Waals surface area contributed by atoms with Crippen molar-refractivity contribution in [2.24, 2.45) is 11.7 Å². The second-order valence-corrected chi connectivity index (χ2v) is 6.62. The van der Waals surface area contributed by atoms with Crippen LogP contribution in [0, 0.1) is 5.92 Å². The Labute approximate surface area is 144 Å². The molecule has 1 saturated carbocycles. The van der Waals surface area contributed by atoms with Crippen LogP contribution in [0.3, 0.4) is 0 Å². The lowest BCUT2D eigenvalue weighted by Crippen LogP contribution is -2.39. The maximum Gasteiger partial charge on any atom is 0.254 e. The summed E-state index contributed by atoms with van der Waals surface area (Å²) in [4.78, 5) is 12.4. The molecule has 1 aliphatic rings. The largest absolute Gasteiger partial charge is 0.349 e. The van der Waals surface area contributed by atoms with Gasteiger partial charge in [-0.1, -0.05) is 29.6 Å². The molecule has 1 aromatic heterocycles. The molecule has 2 atom stereocenters. The lowest BCUT2D eigenvalue weighted by atomic mass is 10.0. The van der Waals surface area contributed by atoms with Gasteiger partial charge in [-0.05, 0) is 43.5 Å². The number of benzene rings is 1. The van der Waals surface area contributed by atoms with Gasteiger partial charge in [0.05, 0.1) is 22.5 Å². The molecule has 1 heterocycles. The minimum Gasteiger partial charge on any atom is -0.349 e. The standard InChI is InChI=1S/C16H18Cl2N4O/c17-12-4-5-15(13(18)6-12)22-9-11(8-20-22)16(23)21-14-3-1-2-10(14)7-19/h4-6,8-10,14H,1-3,7,19H2,(H,21,23). The molecule has 0 saturated heterocycles. The molecule has 0 radical (unpaired) electrons. The van der Waals surface area contributed by atoms with Crippen LogP contribution in [-0.4, -0.2) is 28.3 Å². The molecule has 0 spiro atoms. The first-order valence-corrected chi connectivity index (χ1v) is 8.35. The van der Waals surface area contributed by atoms with Crippen molar-refractivity contribution >= 4 is 29.1 Å². The molecule has 122 valence electrons. The molecule has 1 fully saturated rings. The molecule has 3 N–H and O–H groups in total. The zero-order valence-corrected chi connectivity index (χ0v) is 14.0. The highest BCUT2D eigenvalue weighted by atomic mass is 35.5. The Morgan fingerprint density at radius 3 is 2.96 bits per heavy atom. The molecule has 1 amide bonds. The summed E-state index contributed by atoms with van der Waals surface area (Å²) >= 11 is 12.1. The van der Waals surface area contributed by atoms with E-state index in [1.165, 1.54) is 6.20 Å². The second-order valence-electron chi connectivity index (χ2n) is 5.78. The monoisotopic (exact) mass is 352 g/mol. The van der Waals surface area contributed by atoms with E-state index >= 15 is 0 Å². The fraction of sp³-hybridized carbons (Fsp3) is 0.375. The summed E-state index contributed by atoms with van der Waals surface area (Å²) in [7, 11) is 0. The van der Waals surface area contributed by atoms with Crippen LogP contribution in [0.5, 0.6) is 0 Å². The molecule has 0 aliphatic heterocycles. The quantitative estimate of drug-likeness (QED) is 0.887. The third kappa shape index (κ3) is 3.52. The minimum atomic E-state index is -0.133. The van der Waals surface area contributed by atoms with Crippen LogP contribution in [0.25, 0.3) is 5.69 Å². The van der Waals surface area contributed by atoms with Crippen molar-refractivity contribution < 1.29 is 4.79 Å². The summed E-state index contributed by atoms with van der Waals surface area (Å²) in [6.45, 7) is 0.602. The summed E-state index contributed by atoms with van der Waals surface area (Å²) < 4.78 is 1.57. The molecular formula is C16H18Cl2N4O. The normalized spacial score (nSPS) is 20.7. The third-order valence-corrected chi connectivity index (χ3v) is 4.82. The summed E-state index contributed by atoms with van der Waals surface area (Å²) in [5, 5.41) is 8.31. The number of nitrogens with two attached hydrogens (primary N) is 1. The van der Waals surface area contributed by atoms with Gasteiger partial charge in [-0.3, -0.25) is 4.79 Å². The van der Waals surface area contributed by atoms with Gasteiger partial charge in [-0.15, -0.1) is 0 Å². The highest BCUT2D eigenvalue weighted by Gasteiger charge is 2.27. The highest BCUT2D eigenvalue weighted by molar-refractivity contribution is 6.35. The Morgan fingerprint density at radius 2 is 2.22 bits per heavy atom. The lowest BCUT2D eigenvalue weighted by Gasteiger charge is -2.18. The van der Waals surface area contributed by atoms with Crippen LogP contribution in [0.15, 0.2) is 30.6 Å². The lowest BCUT2D eigenvalue weighted by molar-refractivity contribution is 0.0929. The highest BCUT2D eigenvalue weighted by Crippen LogP contribution is 2.26. The number of carbonyl (C=O) groups excluding carboxylic acids is 1. The van der Waals surface area contributed by atoms with Crippen LogP contribution in [0.1, 0.15) is 29.6 Å². The first kappa shape index (κ1) is 16.3. The maximum absolute atomic E-state index is 12.4. The molecule has 1 aromatic carbocycles. The van der Waals surface area contributed by atoms with Gasteiger partial charge in [0.2, 0.25) is 0 Å². The van der Waals surface area contributed by atoms with Crippen molar-refractivity contribution in [2.45, 2.75) is 25.3 Å². The fourth-order valence-corrected chi connectivity index (χ4v) is 3.49. The summed E-state index contributed by atoms with van der Waals surface area (Å²) in [5.41, 5.74) is 6.93. The van der Waals surface area contributed by atoms with E-state index in [9.17, 15) is 4.79 Å². The predicted molar refractivity (Wildman–Crippen MR) is 91.2 cm³/mol. The van der Waals surface area contributed by atoms with Gasteiger partial charge in [0, 0.05) is 17.3 Å². The zero-order chi connectivity index (χ0) is 16.4. The van der Waals surface area contributed by atoms with Gasteiger partial charge < -0.3 is 11.1 Å². The van der Waals surface area contributed by atoms with E-state index in [0.717, 1.165) is 19.3 Å². The average molecular weight is 353 g/mol. The molecule has 7 heteroatoms. The number of nitrogens with zero attached hydrogens (tertiary/aromatic N) is 2. The van der Waals surface area contributed by atoms with Crippen LogP contribution < -0.4 is 11.1 Å². The summed E-state index contributed by atoms with van der Waals surface area (Å²) in [6.07, 6.45) is 6.35. The van der Waals surface area contributed by atoms with E-state index in [-0.39, 0.29) is 11.9 Å². The van der Waals surface area contributed by atoms with Crippen LogP contribution in [0.2, 0.25) is 10.0 Å². The van der Waals surface area contributed by atoms with E-state index in [0.29, 0.717) is 33.8 Å². The number of nitrogens with one attached hydrogen (secondary N) is 1. The fourth-order valence-electron chi connectivity index (χ4n) is 3.00. The van der Waals surface area contributed by atoms with E-state index in [1.54, 1.807) is 29.1 Å². The summed E-state index contributed by atoms with van der Waals surface area (Å²) in [5.74, 6) is 0.228. The van der Waals surface area contributed by atoms with Gasteiger partial charge in [-0.25, -0.2) is 4.68 Å². The van der Waals surface area contributed by atoms with Crippen molar-refractivity contribution in [1.29, 1.82) is 0 Å². The second kappa shape index (κ2) is 6.91. The van der Waals surface area contributed by atoms with Crippen LogP contribution >= 0.6 is 23.2 Å². The molecule has 23 heavy (non-hydrogen) atoms. The Hall–Kier alpha value is -1.56. The topological polar surface area (TPSA) is 72.9 Å². The average Bonchev–Trinajstić information content (AvgIpc) is 3.16. The molecular weight excluding hydrogens is 335 g/mol. The molecule has 2 unspecified atom stereocenters. The molecule has 3 rings (SSSR count). The smallest absolute Gasteiger partial charge is 0.254 e. The van der Waals surface area contributed by atoms with Crippen molar-refractivity contribution in [3.05, 3.63) is 46.2 Å². The van der Waals surface area contributed by atoms with E-state index in [1.807, 2.05) is 0 Å². The van der Waals surface area contributed by atoms with E-state index in [4.69, 9.17) is 28.9 Å². The molecule has 5 nitrogen and oxygen atoms in total. The Bertz CT molecular complexity index is 716. The molecule has 1 aliphatic carbocycles. The number of hydrogen-bond acceptors (Lipinski definition) is 3. The van der Waals surface area contributed by atoms with E-state index < -0.39 is 0 Å². The molecule has 0 bridgehead atoms. The van der Waals surface area contributed by atoms with Crippen molar-refractivity contribution in [2.75, 3.05) is 6.54 Å². The Balaban J connectivity index is 1.75. The SMILES string of the molecule is NCC1CCCC1NC(=O)c1cnn(-c2ccc(Cl)cc2Cl)c1. The van der Waals surface area contributed by atoms with E-state index in [2.05, 4.69) is 10.4 Å². The van der Waals surface area contributed by atoms with Crippen molar-refractivity contribution in [3.63, 3.8) is 0 Å². The van der Waals surface area contributed by atoms with Crippen molar-refractivity contribution in [1.82, 2.24) is 15.1 Å². The number of carbonyl (C=O) groups is 1. The first-order valence-electron chi connectivity index (χ1n) is 7.59. The Kier molecular flexibility index (Phi) is 4.90. The summed E-state index contributed by atoms with van der Waals surface area (Å²) in [6, 6.07) is 5.29. The predicted octanol–water partition coefficient (Wildman–Crippen LogP) is 3.04. The number of halogens is 2. The zero-order valence-electron chi connectivity index (χ0n) is 12.5. The maximum atomic E-state index is 12.4. The van der Waals surface area contributed by atoms with Crippen LogP contribution in [-0.2, 0) is 0 Å². The Morgan fingerprint density at radius 1 is 1.39 bits per heavy atom. The van der Waals surface area contributed by atoms with Crippen molar-refractivity contribution in [3.8, 4) is 5.69 Å². The first-order chi connectivity index (χ1) is 11.1. The van der Waals surface area contributed by atoms with Crippen LogP contribution in [0.4, 0.5) is 0 Å². The number of hydrogen-bond donors (Lipinski definition) is 2. The number of aromatic nitrogens is 2. The number of amides is 1. The third-order valence-electron chi connectivity index (χ3n) is 4.28. The van der Waals surface area contributed by atoms with Gasteiger partial charge in [0.25, 0.3) is 5.91 Å². The minimum absolute atomic E-state index is 0.133. The van der Waals surface area contributed by atoms with Gasteiger partial charge in [0.1, 0.15) is 0 Å². The molecule has 2 aromatic rings. The number of rotatable bonds is 4. The van der Waals surface area contributed by atoms with Gasteiger partial charge >= 0.3 is 0 Å². The van der Waals surface area contributed by atoms with Gasteiger partial charge in [0.15, 0.2) is 0 Å².